The van der Waals surface area contributed by atoms with Gasteiger partial charge in [-0.05, 0) is 31.9 Å². The van der Waals surface area contributed by atoms with Gasteiger partial charge in [-0.15, -0.1) is 0 Å². The lowest BCUT2D eigenvalue weighted by Crippen LogP contribution is -2.45. The first-order valence-corrected chi connectivity index (χ1v) is 11.1. The maximum Gasteiger partial charge on any atom is 0.329 e. The molecule has 5 rings (SSSR count). The number of carbonyl (C=O) groups excluding carboxylic acids is 1. The molecule has 4 aromatic heterocycles. The van der Waals surface area contributed by atoms with Crippen LogP contribution in [0.2, 0.25) is 0 Å². The molecule has 0 unspecified atom stereocenters. The Morgan fingerprint density at radius 3 is 2.51 bits per heavy atom. The number of nitrogens with zero attached hydrogens (tertiary/aromatic N) is 6. The van der Waals surface area contributed by atoms with Crippen LogP contribution in [0.3, 0.4) is 0 Å². The van der Waals surface area contributed by atoms with Crippen LogP contribution >= 0.6 is 0 Å². The first-order valence-electron chi connectivity index (χ1n) is 11.1. The molecule has 1 aliphatic heterocycles. The molecule has 1 aliphatic rings. The van der Waals surface area contributed by atoms with E-state index >= 15 is 0 Å². The molecular formula is C23H23N7O5. The number of hydrogen-bond acceptors (Lipinski definition) is 9. The second-order valence-electron chi connectivity index (χ2n) is 8.40. The lowest BCUT2D eigenvalue weighted by Gasteiger charge is -2.34. The zero-order chi connectivity index (χ0) is 24.7. The van der Waals surface area contributed by atoms with Gasteiger partial charge < -0.3 is 14.7 Å². The molecule has 1 fully saturated rings. The summed E-state index contributed by atoms with van der Waals surface area (Å²) in [7, 11) is 1.47. The molecular weight excluding hydrogens is 454 g/mol. The van der Waals surface area contributed by atoms with Gasteiger partial charge in [0.2, 0.25) is 0 Å². The van der Waals surface area contributed by atoms with Crippen molar-refractivity contribution < 1.29 is 14.6 Å². The van der Waals surface area contributed by atoms with Crippen LogP contribution < -0.4 is 16.0 Å². The van der Waals surface area contributed by atoms with Crippen molar-refractivity contribution in [3.05, 3.63) is 51.6 Å². The van der Waals surface area contributed by atoms with Gasteiger partial charge in [0, 0.05) is 43.3 Å². The Labute approximate surface area is 198 Å². The second-order valence-corrected chi connectivity index (χ2v) is 8.40. The van der Waals surface area contributed by atoms with Crippen LogP contribution in [0.1, 0.15) is 25.8 Å². The number of hydrogen-bond donors (Lipinski definition) is 2. The predicted molar refractivity (Wildman–Crippen MR) is 126 cm³/mol. The highest BCUT2D eigenvalue weighted by molar-refractivity contribution is 6.01. The Morgan fingerprint density at radius 1 is 1.14 bits per heavy atom. The summed E-state index contributed by atoms with van der Waals surface area (Å²) in [5, 5.41) is 9.87. The predicted octanol–water partition coefficient (Wildman–Crippen LogP) is 0.643. The number of aliphatic hydroxyl groups is 1. The molecule has 35 heavy (non-hydrogen) atoms. The minimum absolute atomic E-state index is 0.224. The van der Waals surface area contributed by atoms with Gasteiger partial charge in [0.05, 0.1) is 29.2 Å². The number of aromatic amines is 1. The van der Waals surface area contributed by atoms with Crippen molar-refractivity contribution in [3.63, 3.8) is 0 Å². The number of amides is 1. The van der Waals surface area contributed by atoms with Crippen LogP contribution in [-0.4, -0.2) is 71.7 Å². The standard InChI is InChI=1S/C23H23N7O5/c1-12(31)21(33)29-7-5-14(6-8-29)30-19-15(20(32)28-23(30)34)11-24-17-4-3-16(27-18(17)19)13-9-25-22(35-2)26-10-13/h3-4,9-12,14,31H,5-8H2,1-2H3,(H,28,32,34)/t12-/m0/s1. The third-order valence-electron chi connectivity index (χ3n) is 6.22. The highest BCUT2D eigenvalue weighted by atomic mass is 16.5. The molecule has 12 nitrogen and oxygen atoms in total. The van der Waals surface area contributed by atoms with E-state index in [2.05, 4.69) is 19.9 Å². The fourth-order valence-electron chi connectivity index (χ4n) is 4.46. The molecule has 0 aliphatic carbocycles. The fourth-order valence-corrected chi connectivity index (χ4v) is 4.46. The first kappa shape index (κ1) is 22.6. The minimum Gasteiger partial charge on any atom is -0.467 e. The van der Waals surface area contributed by atoms with Gasteiger partial charge in [-0.1, -0.05) is 0 Å². The number of fused-ring (bicyclic) bond motifs is 3. The van der Waals surface area contributed by atoms with E-state index < -0.39 is 17.4 Å². The van der Waals surface area contributed by atoms with Crippen molar-refractivity contribution in [1.29, 1.82) is 0 Å². The number of rotatable bonds is 4. The van der Waals surface area contributed by atoms with Crippen LogP contribution in [0, 0.1) is 0 Å². The third-order valence-corrected chi connectivity index (χ3v) is 6.22. The van der Waals surface area contributed by atoms with Gasteiger partial charge in [-0.25, -0.2) is 19.7 Å². The second kappa shape index (κ2) is 8.87. The summed E-state index contributed by atoms with van der Waals surface area (Å²) < 4.78 is 6.56. The topological polar surface area (TPSA) is 156 Å². The van der Waals surface area contributed by atoms with E-state index in [1.165, 1.54) is 20.2 Å². The van der Waals surface area contributed by atoms with Crippen LogP contribution in [0.15, 0.2) is 40.3 Å². The van der Waals surface area contributed by atoms with E-state index in [9.17, 15) is 19.5 Å². The van der Waals surface area contributed by atoms with Crippen molar-refractivity contribution in [2.45, 2.75) is 31.9 Å². The summed E-state index contributed by atoms with van der Waals surface area (Å²) in [5.74, 6) is -0.343. The summed E-state index contributed by atoms with van der Waals surface area (Å²) in [6.45, 7) is 2.20. The van der Waals surface area contributed by atoms with E-state index in [0.29, 0.717) is 53.7 Å². The maximum atomic E-state index is 13.1. The largest absolute Gasteiger partial charge is 0.467 e. The number of ether oxygens (including phenoxy) is 1. The summed E-state index contributed by atoms with van der Waals surface area (Å²) in [4.78, 5) is 59.2. The minimum atomic E-state index is -1.08. The zero-order valence-corrected chi connectivity index (χ0v) is 19.1. The van der Waals surface area contributed by atoms with Crippen LogP contribution in [-0.2, 0) is 4.79 Å². The average Bonchev–Trinajstić information content (AvgIpc) is 2.88. The van der Waals surface area contributed by atoms with Crippen molar-refractivity contribution in [1.82, 2.24) is 34.4 Å². The van der Waals surface area contributed by atoms with E-state index in [0.717, 1.165) is 0 Å². The summed E-state index contributed by atoms with van der Waals surface area (Å²) >= 11 is 0. The molecule has 1 atom stereocenters. The molecule has 5 heterocycles. The number of likely N-dealkylation sites (tertiary alicyclic amines) is 1. The quantitative estimate of drug-likeness (QED) is 0.403. The molecule has 12 heteroatoms. The SMILES string of the molecule is COc1ncc(-c2ccc3ncc4c(=O)[nH]c(=O)n(C5CCN(C(=O)[C@H](C)O)CC5)c4c3n2)cn1. The smallest absolute Gasteiger partial charge is 0.329 e. The summed E-state index contributed by atoms with van der Waals surface area (Å²) in [6, 6.07) is 3.48. The Kier molecular flexibility index (Phi) is 5.73. The van der Waals surface area contributed by atoms with Crippen LogP contribution in [0.4, 0.5) is 0 Å². The van der Waals surface area contributed by atoms with E-state index in [1.54, 1.807) is 34.0 Å². The van der Waals surface area contributed by atoms with Crippen molar-refractivity contribution in [2.24, 2.45) is 0 Å². The number of aromatic nitrogens is 6. The lowest BCUT2D eigenvalue weighted by atomic mass is 10.0. The number of piperidine rings is 1. The average molecular weight is 477 g/mol. The zero-order valence-electron chi connectivity index (χ0n) is 19.1. The van der Waals surface area contributed by atoms with Crippen molar-refractivity contribution >= 4 is 27.8 Å². The molecule has 180 valence electrons. The van der Waals surface area contributed by atoms with E-state index in [4.69, 9.17) is 9.72 Å². The Balaban J connectivity index is 1.65. The fraction of sp³-hybridized carbons (Fsp3) is 0.348. The Bertz CT molecular complexity index is 1540. The molecule has 0 bridgehead atoms. The highest BCUT2D eigenvalue weighted by Gasteiger charge is 2.28. The number of aliphatic hydroxyl groups excluding tert-OH is 1. The molecule has 0 saturated carbocycles. The summed E-state index contributed by atoms with van der Waals surface area (Å²) in [5.41, 5.74) is 1.41. The van der Waals surface area contributed by atoms with Crippen LogP contribution in [0.5, 0.6) is 6.01 Å². The van der Waals surface area contributed by atoms with Crippen molar-refractivity contribution in [3.8, 4) is 17.3 Å². The van der Waals surface area contributed by atoms with Gasteiger partial charge in [0.1, 0.15) is 11.6 Å². The van der Waals surface area contributed by atoms with Crippen molar-refractivity contribution in [2.75, 3.05) is 20.2 Å². The maximum absolute atomic E-state index is 13.1. The summed E-state index contributed by atoms with van der Waals surface area (Å²) in [6.07, 6.45) is 4.48. The molecule has 0 radical (unpaired) electrons. The number of nitrogens with one attached hydrogen (secondary N) is 1. The number of pyridine rings is 2. The number of H-pyrrole nitrogens is 1. The van der Waals surface area contributed by atoms with E-state index in [1.807, 2.05) is 0 Å². The van der Waals surface area contributed by atoms with Crippen LogP contribution in [0.25, 0.3) is 33.2 Å². The molecule has 4 aromatic rings. The first-order chi connectivity index (χ1) is 16.9. The number of carbonyl (C=O) groups is 1. The highest BCUT2D eigenvalue weighted by Crippen LogP contribution is 2.29. The molecule has 2 N–H and O–H groups in total. The Hall–Kier alpha value is -4.19. The van der Waals surface area contributed by atoms with Gasteiger partial charge in [0.25, 0.3) is 11.5 Å². The van der Waals surface area contributed by atoms with E-state index in [-0.39, 0.29) is 23.3 Å². The Morgan fingerprint density at radius 2 is 1.86 bits per heavy atom. The van der Waals surface area contributed by atoms with Gasteiger partial charge in [-0.3, -0.25) is 24.1 Å². The van der Waals surface area contributed by atoms with Gasteiger partial charge in [-0.2, -0.15) is 0 Å². The lowest BCUT2D eigenvalue weighted by molar-refractivity contribution is -0.140. The normalized spacial score (nSPS) is 15.5. The molecule has 1 amide bonds. The van der Waals surface area contributed by atoms with Gasteiger partial charge in [0.15, 0.2) is 0 Å². The molecule has 0 spiro atoms. The number of methoxy groups -OCH3 is 1. The molecule has 1 saturated heterocycles. The molecule has 0 aromatic carbocycles. The van der Waals surface area contributed by atoms with Gasteiger partial charge >= 0.3 is 11.7 Å². The third kappa shape index (κ3) is 4.01. The monoisotopic (exact) mass is 477 g/mol.